The van der Waals surface area contributed by atoms with E-state index >= 15 is 0 Å². The maximum atomic E-state index is 12.7. The highest BCUT2D eigenvalue weighted by Crippen LogP contribution is 2.28. The van der Waals surface area contributed by atoms with Gasteiger partial charge in [0.1, 0.15) is 5.75 Å². The number of methoxy groups -OCH3 is 3. The van der Waals surface area contributed by atoms with Gasteiger partial charge in [0.2, 0.25) is 15.9 Å². The molecule has 3 rings (SSSR count). The number of hydrogen-bond donors (Lipinski definition) is 1. The predicted molar refractivity (Wildman–Crippen MR) is 122 cm³/mol. The van der Waals surface area contributed by atoms with Gasteiger partial charge in [0.15, 0.2) is 11.5 Å². The second-order valence-corrected chi connectivity index (χ2v) is 9.36. The third-order valence-electron chi connectivity index (χ3n) is 5.28. The lowest BCUT2D eigenvalue weighted by Crippen LogP contribution is -2.40. The quantitative estimate of drug-likeness (QED) is 0.577. The number of nitrogens with one attached hydrogen (secondary N) is 1. The Kier molecular flexibility index (Phi) is 7.76. The van der Waals surface area contributed by atoms with E-state index in [1.807, 2.05) is 18.2 Å². The van der Waals surface area contributed by atoms with Crippen LogP contribution in [0.5, 0.6) is 17.2 Å². The summed E-state index contributed by atoms with van der Waals surface area (Å²) >= 11 is 0. The van der Waals surface area contributed by atoms with E-state index in [4.69, 9.17) is 14.2 Å². The van der Waals surface area contributed by atoms with E-state index < -0.39 is 10.0 Å². The van der Waals surface area contributed by atoms with Crippen LogP contribution < -0.4 is 19.5 Å². The Hall–Kier alpha value is -3.04. The van der Waals surface area contributed by atoms with Crippen molar-refractivity contribution in [2.24, 2.45) is 0 Å². The van der Waals surface area contributed by atoms with Crippen molar-refractivity contribution in [3.8, 4) is 17.2 Å². The highest BCUT2D eigenvalue weighted by atomic mass is 32.2. The molecule has 0 unspecified atom stereocenters. The molecule has 0 bridgehead atoms. The van der Waals surface area contributed by atoms with Crippen LogP contribution in [0.4, 0.5) is 0 Å². The molecule has 8 nitrogen and oxygen atoms in total. The van der Waals surface area contributed by atoms with Crippen molar-refractivity contribution in [2.75, 3.05) is 40.2 Å². The fourth-order valence-corrected chi connectivity index (χ4v) is 4.81. The molecule has 0 fully saturated rings. The summed E-state index contributed by atoms with van der Waals surface area (Å²) in [6.45, 7) is 0.772. The van der Waals surface area contributed by atoms with Gasteiger partial charge in [-0.15, -0.1) is 0 Å². The first-order valence-corrected chi connectivity index (χ1v) is 11.8. The van der Waals surface area contributed by atoms with E-state index in [1.165, 1.54) is 17.5 Å². The van der Waals surface area contributed by atoms with Crippen LogP contribution in [0.1, 0.15) is 16.7 Å². The molecule has 1 heterocycles. The molecule has 0 saturated carbocycles. The molecule has 1 N–H and O–H groups in total. The fourth-order valence-electron chi connectivity index (χ4n) is 3.49. The molecule has 0 radical (unpaired) electrons. The Morgan fingerprint density at radius 2 is 1.81 bits per heavy atom. The summed E-state index contributed by atoms with van der Waals surface area (Å²) in [6, 6.07) is 11.0. The monoisotopic (exact) mass is 460 g/mol. The van der Waals surface area contributed by atoms with Gasteiger partial charge in [0.25, 0.3) is 0 Å². The van der Waals surface area contributed by atoms with E-state index in [0.29, 0.717) is 31.0 Å². The lowest BCUT2D eigenvalue weighted by molar-refractivity contribution is -0.116. The van der Waals surface area contributed by atoms with Gasteiger partial charge < -0.3 is 19.5 Å². The van der Waals surface area contributed by atoms with Gasteiger partial charge in [0, 0.05) is 25.7 Å². The summed E-state index contributed by atoms with van der Waals surface area (Å²) in [5.41, 5.74) is 2.83. The summed E-state index contributed by atoms with van der Waals surface area (Å²) < 4.78 is 42.6. The molecule has 1 amide bonds. The van der Waals surface area contributed by atoms with Crippen LogP contribution in [-0.4, -0.2) is 58.8 Å². The Bertz CT molecular complexity index is 1100. The van der Waals surface area contributed by atoms with Crippen molar-refractivity contribution in [2.45, 2.75) is 13.0 Å². The average molecular weight is 461 g/mol. The molecule has 0 atom stereocenters. The normalized spacial score (nSPS) is 14.1. The molecule has 2 aromatic rings. The third-order valence-corrected chi connectivity index (χ3v) is 7.10. The maximum Gasteiger partial charge on any atom is 0.244 e. The van der Waals surface area contributed by atoms with Gasteiger partial charge in [-0.1, -0.05) is 12.1 Å². The molecule has 0 saturated heterocycles. The molecular weight excluding hydrogens is 432 g/mol. The Labute approximate surface area is 188 Å². The van der Waals surface area contributed by atoms with E-state index in [1.54, 1.807) is 38.5 Å². The van der Waals surface area contributed by atoms with Crippen molar-refractivity contribution >= 4 is 22.0 Å². The number of ether oxygens (including phenoxy) is 3. The SMILES string of the molecule is COc1ccc2c(c1)CCN(S(=O)(=O)CCNC(=O)/C=C/c1ccc(OC)c(OC)c1)C2. The van der Waals surface area contributed by atoms with Crippen LogP contribution in [0.2, 0.25) is 0 Å². The van der Waals surface area contributed by atoms with Crippen LogP contribution in [-0.2, 0) is 27.8 Å². The lowest BCUT2D eigenvalue weighted by atomic mass is 10.0. The summed E-state index contributed by atoms with van der Waals surface area (Å²) in [7, 11) is 1.21. The number of fused-ring (bicyclic) bond motifs is 1. The number of rotatable bonds is 9. The van der Waals surface area contributed by atoms with Gasteiger partial charge in [-0.25, -0.2) is 8.42 Å². The molecule has 1 aliphatic heterocycles. The van der Waals surface area contributed by atoms with Gasteiger partial charge in [-0.3, -0.25) is 4.79 Å². The number of sulfonamides is 1. The fraction of sp³-hybridized carbons (Fsp3) is 0.348. The molecule has 1 aliphatic rings. The molecule has 172 valence electrons. The van der Waals surface area contributed by atoms with Crippen molar-refractivity contribution in [1.82, 2.24) is 9.62 Å². The zero-order valence-corrected chi connectivity index (χ0v) is 19.3. The minimum absolute atomic E-state index is 0.0312. The summed E-state index contributed by atoms with van der Waals surface area (Å²) in [6.07, 6.45) is 3.62. The van der Waals surface area contributed by atoms with Crippen molar-refractivity contribution in [3.63, 3.8) is 0 Å². The largest absolute Gasteiger partial charge is 0.497 e. The Morgan fingerprint density at radius 1 is 1.03 bits per heavy atom. The number of carbonyl (C=O) groups is 1. The second-order valence-electron chi connectivity index (χ2n) is 7.27. The topological polar surface area (TPSA) is 94.2 Å². The second kappa shape index (κ2) is 10.5. The molecule has 9 heteroatoms. The number of carbonyl (C=O) groups excluding carboxylic acids is 1. The average Bonchev–Trinajstić information content (AvgIpc) is 2.81. The number of nitrogens with zero attached hydrogens (tertiary/aromatic N) is 1. The molecule has 2 aromatic carbocycles. The minimum atomic E-state index is -3.49. The zero-order chi connectivity index (χ0) is 23.1. The first-order valence-electron chi connectivity index (χ1n) is 10.2. The molecule has 0 spiro atoms. The Morgan fingerprint density at radius 3 is 2.53 bits per heavy atom. The minimum Gasteiger partial charge on any atom is -0.497 e. The number of hydrogen-bond acceptors (Lipinski definition) is 6. The summed E-state index contributed by atoms with van der Waals surface area (Å²) in [4.78, 5) is 12.1. The predicted octanol–water partition coefficient (Wildman–Crippen LogP) is 2.23. The zero-order valence-electron chi connectivity index (χ0n) is 18.5. The molecule has 0 aliphatic carbocycles. The highest BCUT2D eigenvalue weighted by molar-refractivity contribution is 7.89. The van der Waals surface area contributed by atoms with Crippen LogP contribution in [0.3, 0.4) is 0 Å². The van der Waals surface area contributed by atoms with Gasteiger partial charge in [0.05, 0.1) is 27.1 Å². The van der Waals surface area contributed by atoms with Crippen molar-refractivity contribution < 1.29 is 27.4 Å². The van der Waals surface area contributed by atoms with Crippen LogP contribution in [0.15, 0.2) is 42.5 Å². The van der Waals surface area contributed by atoms with Crippen LogP contribution in [0.25, 0.3) is 6.08 Å². The van der Waals surface area contributed by atoms with E-state index in [-0.39, 0.29) is 18.2 Å². The molecule has 32 heavy (non-hydrogen) atoms. The van der Waals surface area contributed by atoms with Gasteiger partial charge in [-0.2, -0.15) is 4.31 Å². The van der Waals surface area contributed by atoms with Gasteiger partial charge >= 0.3 is 0 Å². The summed E-state index contributed by atoms with van der Waals surface area (Å²) in [5, 5.41) is 2.63. The third kappa shape index (κ3) is 5.80. The maximum absolute atomic E-state index is 12.7. The number of benzene rings is 2. The molecule has 0 aromatic heterocycles. The lowest BCUT2D eigenvalue weighted by Gasteiger charge is -2.28. The Balaban J connectivity index is 1.52. The van der Waals surface area contributed by atoms with E-state index in [0.717, 1.165) is 22.4 Å². The van der Waals surface area contributed by atoms with Crippen LogP contribution in [0, 0.1) is 0 Å². The van der Waals surface area contributed by atoms with Gasteiger partial charge in [-0.05, 0) is 53.5 Å². The highest BCUT2D eigenvalue weighted by Gasteiger charge is 2.26. The van der Waals surface area contributed by atoms with Crippen LogP contribution >= 0.6 is 0 Å². The van der Waals surface area contributed by atoms with E-state index in [9.17, 15) is 13.2 Å². The first kappa shape index (κ1) is 23.6. The smallest absolute Gasteiger partial charge is 0.244 e. The standard InChI is InChI=1S/C23H28N2O6S/c1-29-20-7-6-19-16-25(12-10-18(19)15-20)32(27,28)13-11-24-23(26)9-5-17-4-8-21(30-2)22(14-17)31-3/h4-9,14-15H,10-13,16H2,1-3H3,(H,24,26)/b9-5+. The van der Waals surface area contributed by atoms with Crippen molar-refractivity contribution in [3.05, 3.63) is 59.2 Å². The molecular formula is C23H28N2O6S. The first-order chi connectivity index (χ1) is 15.4. The van der Waals surface area contributed by atoms with E-state index in [2.05, 4.69) is 5.32 Å². The van der Waals surface area contributed by atoms with Crippen molar-refractivity contribution in [1.29, 1.82) is 0 Å². The summed E-state index contributed by atoms with van der Waals surface area (Å²) in [5.74, 6) is 1.39. The number of amides is 1.